The Bertz CT molecular complexity index is 387. The van der Waals surface area contributed by atoms with Crippen molar-refractivity contribution >= 4 is 5.71 Å². The van der Waals surface area contributed by atoms with Gasteiger partial charge in [-0.15, -0.1) is 0 Å². The molecule has 1 N–H and O–H groups in total. The topological polar surface area (TPSA) is 51.1 Å². The summed E-state index contributed by atoms with van der Waals surface area (Å²) in [5.41, 5.74) is 1.56. The number of ether oxygens (including phenoxy) is 2. The molecule has 0 fully saturated rings. The van der Waals surface area contributed by atoms with Gasteiger partial charge in [0.05, 0.1) is 5.71 Å². The summed E-state index contributed by atoms with van der Waals surface area (Å²) in [4.78, 5) is 0. The van der Waals surface area contributed by atoms with Crippen LogP contribution < -0.4 is 9.47 Å². The molecule has 0 radical (unpaired) electrons. The smallest absolute Gasteiger partial charge is 0.231 e. The van der Waals surface area contributed by atoms with Crippen molar-refractivity contribution in [1.29, 1.82) is 0 Å². The molecule has 0 saturated heterocycles. The second-order valence-corrected chi connectivity index (χ2v) is 3.36. The average molecular weight is 207 g/mol. The second-order valence-electron chi connectivity index (χ2n) is 3.36. The molecule has 0 unspecified atom stereocenters. The fourth-order valence-corrected chi connectivity index (χ4v) is 1.56. The van der Waals surface area contributed by atoms with Crippen LogP contribution in [0.3, 0.4) is 0 Å². The standard InChI is InChI=1S/C11H13NO3/c1-2-3-9(12-13)8-4-5-10-11(6-8)15-7-14-10/h4-6,13H,2-3,7H2,1H3/b12-9+. The summed E-state index contributed by atoms with van der Waals surface area (Å²) in [7, 11) is 0. The molecule has 80 valence electrons. The first-order chi connectivity index (χ1) is 7.35. The molecule has 0 aliphatic carbocycles. The molecule has 0 bridgehead atoms. The SMILES string of the molecule is CCC/C(=N\O)c1ccc2c(c1)OCO2. The maximum atomic E-state index is 8.87. The van der Waals surface area contributed by atoms with E-state index >= 15 is 0 Å². The quantitative estimate of drug-likeness (QED) is 0.470. The molecule has 1 heterocycles. The van der Waals surface area contributed by atoms with Crippen molar-refractivity contribution in [3.8, 4) is 11.5 Å². The molecule has 1 aliphatic rings. The molecule has 1 aromatic carbocycles. The highest BCUT2D eigenvalue weighted by molar-refractivity contribution is 6.00. The van der Waals surface area contributed by atoms with Gasteiger partial charge in [0.1, 0.15) is 0 Å². The largest absolute Gasteiger partial charge is 0.454 e. The van der Waals surface area contributed by atoms with Crippen LogP contribution in [0.15, 0.2) is 23.4 Å². The van der Waals surface area contributed by atoms with E-state index in [-0.39, 0.29) is 6.79 Å². The van der Waals surface area contributed by atoms with E-state index in [9.17, 15) is 0 Å². The molecular weight excluding hydrogens is 194 g/mol. The predicted molar refractivity (Wildman–Crippen MR) is 55.8 cm³/mol. The Kier molecular flexibility index (Phi) is 2.76. The van der Waals surface area contributed by atoms with Crippen molar-refractivity contribution in [1.82, 2.24) is 0 Å². The second kappa shape index (κ2) is 4.21. The molecule has 4 nitrogen and oxygen atoms in total. The first-order valence-corrected chi connectivity index (χ1v) is 4.96. The van der Waals surface area contributed by atoms with Crippen LogP contribution in [-0.4, -0.2) is 17.7 Å². The maximum absolute atomic E-state index is 8.87. The summed E-state index contributed by atoms with van der Waals surface area (Å²) >= 11 is 0. The third-order valence-electron chi connectivity index (χ3n) is 2.31. The third-order valence-corrected chi connectivity index (χ3v) is 2.31. The Morgan fingerprint density at radius 1 is 1.40 bits per heavy atom. The highest BCUT2D eigenvalue weighted by atomic mass is 16.7. The Hall–Kier alpha value is -1.71. The van der Waals surface area contributed by atoms with Gasteiger partial charge in [-0.3, -0.25) is 0 Å². The molecule has 0 saturated carbocycles. The van der Waals surface area contributed by atoms with E-state index in [4.69, 9.17) is 14.7 Å². The molecule has 0 aromatic heterocycles. The van der Waals surface area contributed by atoms with E-state index in [1.807, 2.05) is 25.1 Å². The minimum Gasteiger partial charge on any atom is -0.454 e. The first kappa shape index (κ1) is 9.83. The molecule has 4 heteroatoms. The maximum Gasteiger partial charge on any atom is 0.231 e. The summed E-state index contributed by atoms with van der Waals surface area (Å²) in [6.45, 7) is 2.30. The minimum absolute atomic E-state index is 0.262. The van der Waals surface area contributed by atoms with Crippen LogP contribution >= 0.6 is 0 Å². The van der Waals surface area contributed by atoms with Gasteiger partial charge in [0, 0.05) is 5.56 Å². The van der Waals surface area contributed by atoms with Crippen LogP contribution in [0.5, 0.6) is 11.5 Å². The van der Waals surface area contributed by atoms with E-state index < -0.39 is 0 Å². The molecule has 0 amide bonds. The highest BCUT2D eigenvalue weighted by Gasteiger charge is 2.15. The van der Waals surface area contributed by atoms with E-state index in [1.54, 1.807) is 0 Å². The van der Waals surface area contributed by atoms with Crippen LogP contribution in [0.4, 0.5) is 0 Å². The zero-order chi connectivity index (χ0) is 10.7. The van der Waals surface area contributed by atoms with Crippen molar-refractivity contribution in [2.75, 3.05) is 6.79 Å². The lowest BCUT2D eigenvalue weighted by Gasteiger charge is -2.03. The van der Waals surface area contributed by atoms with Crippen molar-refractivity contribution in [3.63, 3.8) is 0 Å². The molecule has 0 atom stereocenters. The lowest BCUT2D eigenvalue weighted by atomic mass is 10.1. The number of rotatable bonds is 3. The van der Waals surface area contributed by atoms with E-state index in [0.29, 0.717) is 11.5 Å². The van der Waals surface area contributed by atoms with Gasteiger partial charge in [0.15, 0.2) is 11.5 Å². The van der Waals surface area contributed by atoms with Gasteiger partial charge in [-0.1, -0.05) is 18.5 Å². The van der Waals surface area contributed by atoms with Crippen LogP contribution in [0.2, 0.25) is 0 Å². The fourth-order valence-electron chi connectivity index (χ4n) is 1.56. The van der Waals surface area contributed by atoms with E-state index in [0.717, 1.165) is 24.2 Å². The molecule has 0 spiro atoms. The summed E-state index contributed by atoms with van der Waals surface area (Å²) in [6.07, 6.45) is 1.68. The zero-order valence-corrected chi connectivity index (χ0v) is 8.56. The number of nitrogens with zero attached hydrogens (tertiary/aromatic N) is 1. The minimum atomic E-state index is 0.262. The molecule has 1 aromatic rings. The van der Waals surface area contributed by atoms with Crippen molar-refractivity contribution in [2.45, 2.75) is 19.8 Å². The Labute approximate surface area is 88.1 Å². The molecule has 15 heavy (non-hydrogen) atoms. The zero-order valence-electron chi connectivity index (χ0n) is 8.56. The third kappa shape index (κ3) is 1.88. The summed E-state index contributed by atoms with van der Waals surface area (Å²) in [5, 5.41) is 12.2. The number of hydrogen-bond acceptors (Lipinski definition) is 4. The first-order valence-electron chi connectivity index (χ1n) is 4.96. The van der Waals surface area contributed by atoms with Crippen LogP contribution in [0.1, 0.15) is 25.3 Å². The summed E-state index contributed by atoms with van der Waals surface area (Å²) < 4.78 is 10.5. The monoisotopic (exact) mass is 207 g/mol. The van der Waals surface area contributed by atoms with Crippen LogP contribution in [0.25, 0.3) is 0 Å². The summed E-state index contributed by atoms with van der Waals surface area (Å²) in [6, 6.07) is 5.55. The highest BCUT2D eigenvalue weighted by Crippen LogP contribution is 2.32. The predicted octanol–water partition coefficient (Wildman–Crippen LogP) is 2.39. The van der Waals surface area contributed by atoms with Gasteiger partial charge in [0.2, 0.25) is 6.79 Å². The van der Waals surface area contributed by atoms with Gasteiger partial charge in [0.25, 0.3) is 0 Å². The van der Waals surface area contributed by atoms with Crippen LogP contribution in [0, 0.1) is 0 Å². The lowest BCUT2D eigenvalue weighted by molar-refractivity contribution is 0.174. The number of fused-ring (bicyclic) bond motifs is 1. The summed E-state index contributed by atoms with van der Waals surface area (Å²) in [5.74, 6) is 1.46. The van der Waals surface area contributed by atoms with Gasteiger partial charge >= 0.3 is 0 Å². The number of hydrogen-bond donors (Lipinski definition) is 1. The molecule has 2 rings (SSSR count). The Balaban J connectivity index is 2.29. The van der Waals surface area contributed by atoms with Crippen molar-refractivity contribution in [3.05, 3.63) is 23.8 Å². The van der Waals surface area contributed by atoms with Crippen molar-refractivity contribution in [2.24, 2.45) is 5.16 Å². The van der Waals surface area contributed by atoms with Crippen molar-refractivity contribution < 1.29 is 14.7 Å². The molecular formula is C11H13NO3. The average Bonchev–Trinajstić information content (AvgIpc) is 2.72. The van der Waals surface area contributed by atoms with E-state index in [1.165, 1.54) is 0 Å². The van der Waals surface area contributed by atoms with Gasteiger partial charge < -0.3 is 14.7 Å². The fraction of sp³-hybridized carbons (Fsp3) is 0.364. The normalized spacial score (nSPS) is 14.3. The Morgan fingerprint density at radius 2 is 2.20 bits per heavy atom. The molecule has 1 aliphatic heterocycles. The van der Waals surface area contributed by atoms with E-state index in [2.05, 4.69) is 5.16 Å². The van der Waals surface area contributed by atoms with Gasteiger partial charge in [-0.25, -0.2) is 0 Å². The van der Waals surface area contributed by atoms with Crippen LogP contribution in [-0.2, 0) is 0 Å². The number of oxime groups is 1. The number of benzene rings is 1. The van der Waals surface area contributed by atoms with Gasteiger partial charge in [-0.2, -0.15) is 0 Å². The lowest BCUT2D eigenvalue weighted by Crippen LogP contribution is -2.00. The van der Waals surface area contributed by atoms with Gasteiger partial charge in [-0.05, 0) is 24.6 Å². The Morgan fingerprint density at radius 3 is 2.93 bits per heavy atom.